The first kappa shape index (κ1) is 14.1. The van der Waals surface area contributed by atoms with Gasteiger partial charge in [-0.2, -0.15) is 0 Å². The molecule has 1 N–H and O–H groups in total. The molecule has 0 spiro atoms. The minimum atomic E-state index is -3.44. The Kier molecular flexibility index (Phi) is 4.28. The Balaban J connectivity index is 1.97. The summed E-state index contributed by atoms with van der Waals surface area (Å²) in [4.78, 5) is 5.11. The van der Waals surface area contributed by atoms with Gasteiger partial charge < -0.3 is 0 Å². The maximum atomic E-state index is 12.7. The lowest BCUT2D eigenvalue weighted by molar-refractivity contribution is 0.580. The van der Waals surface area contributed by atoms with E-state index in [2.05, 4.69) is 9.71 Å². The molecule has 0 radical (unpaired) electrons. The van der Waals surface area contributed by atoms with Crippen molar-refractivity contribution in [3.05, 3.63) is 51.7 Å². The van der Waals surface area contributed by atoms with E-state index in [0.717, 1.165) is 9.88 Å². The van der Waals surface area contributed by atoms with E-state index in [1.165, 1.54) is 35.6 Å². The van der Waals surface area contributed by atoms with E-state index in [1.54, 1.807) is 6.20 Å². The topological polar surface area (TPSA) is 59.1 Å². The molecule has 4 nitrogen and oxygen atoms in total. The molecule has 19 heavy (non-hydrogen) atoms. The summed E-state index contributed by atoms with van der Waals surface area (Å²) >= 11 is 1.45. The van der Waals surface area contributed by atoms with Crippen molar-refractivity contribution in [1.82, 2.24) is 9.71 Å². The number of sulfonamides is 1. The highest BCUT2D eigenvalue weighted by Crippen LogP contribution is 2.12. The number of rotatable bonds is 5. The van der Waals surface area contributed by atoms with Crippen molar-refractivity contribution >= 4 is 21.4 Å². The van der Waals surface area contributed by atoms with Crippen molar-refractivity contribution in [1.29, 1.82) is 0 Å². The predicted octanol–water partition coefficient (Wildman–Crippen LogP) is 2.21. The number of hydrogen-bond donors (Lipinski definition) is 1. The van der Waals surface area contributed by atoms with E-state index in [1.807, 2.05) is 6.92 Å². The molecule has 7 heteroatoms. The molecule has 0 saturated heterocycles. The van der Waals surface area contributed by atoms with Crippen LogP contribution in [0.1, 0.15) is 15.4 Å². The molecule has 0 aliphatic carbocycles. The molecule has 0 bridgehead atoms. The molecule has 2 aromatic rings. The highest BCUT2D eigenvalue weighted by atomic mass is 32.2. The largest absolute Gasteiger partial charge is 0.248 e. The van der Waals surface area contributed by atoms with Crippen LogP contribution in [-0.4, -0.2) is 13.4 Å². The summed E-state index contributed by atoms with van der Waals surface area (Å²) in [5.74, 6) is -0.551. The average molecular weight is 300 g/mol. The Morgan fingerprint density at radius 1 is 1.32 bits per heavy atom. The van der Waals surface area contributed by atoms with Crippen molar-refractivity contribution in [2.24, 2.45) is 0 Å². The summed E-state index contributed by atoms with van der Waals surface area (Å²) < 4.78 is 38.9. The van der Waals surface area contributed by atoms with Gasteiger partial charge in [-0.05, 0) is 24.6 Å². The Hall–Kier alpha value is -1.31. The molecule has 0 aliphatic rings. The molecule has 2 rings (SSSR count). The Labute approximate surface area is 115 Å². The second kappa shape index (κ2) is 5.77. The minimum Gasteiger partial charge on any atom is -0.248 e. The third-order valence-electron chi connectivity index (χ3n) is 2.38. The molecule has 0 unspecified atom stereocenters. The van der Waals surface area contributed by atoms with Crippen LogP contribution in [0.3, 0.4) is 0 Å². The lowest BCUT2D eigenvalue weighted by atomic mass is 10.2. The fraction of sp³-hybridized carbons (Fsp3) is 0.250. The second-order valence-corrected chi connectivity index (χ2v) is 7.20. The summed E-state index contributed by atoms with van der Waals surface area (Å²) in [6.07, 6.45) is 1.70. The molecule has 0 amide bonds. The van der Waals surface area contributed by atoms with Gasteiger partial charge in [-0.1, -0.05) is 12.1 Å². The van der Waals surface area contributed by atoms with Gasteiger partial charge in [0.1, 0.15) is 10.8 Å². The lowest BCUT2D eigenvalue weighted by Crippen LogP contribution is -2.24. The van der Waals surface area contributed by atoms with Crippen LogP contribution >= 0.6 is 11.3 Å². The third kappa shape index (κ3) is 4.38. The van der Waals surface area contributed by atoms with Gasteiger partial charge in [0.2, 0.25) is 10.0 Å². The quantitative estimate of drug-likeness (QED) is 0.921. The summed E-state index contributed by atoms with van der Waals surface area (Å²) in [6.45, 7) is 2.09. The third-order valence-corrected chi connectivity index (χ3v) is 4.59. The van der Waals surface area contributed by atoms with Crippen LogP contribution < -0.4 is 4.72 Å². The molecule has 0 saturated carbocycles. The van der Waals surface area contributed by atoms with Crippen molar-refractivity contribution in [2.75, 3.05) is 0 Å². The van der Waals surface area contributed by atoms with Crippen molar-refractivity contribution in [3.63, 3.8) is 0 Å². The highest BCUT2D eigenvalue weighted by Gasteiger charge is 2.12. The summed E-state index contributed by atoms with van der Waals surface area (Å²) in [6, 6.07) is 5.41. The smallest absolute Gasteiger partial charge is 0.216 e. The van der Waals surface area contributed by atoms with Crippen LogP contribution in [0.25, 0.3) is 0 Å². The van der Waals surface area contributed by atoms with Crippen molar-refractivity contribution in [2.45, 2.75) is 19.2 Å². The fourth-order valence-corrected chi connectivity index (χ4v) is 3.41. The van der Waals surface area contributed by atoms with Gasteiger partial charge in [0.05, 0.1) is 12.3 Å². The first-order valence-corrected chi connectivity index (χ1v) is 8.04. The number of aromatic nitrogens is 1. The lowest BCUT2D eigenvalue weighted by Gasteiger charge is -2.05. The van der Waals surface area contributed by atoms with Gasteiger partial charge >= 0.3 is 0 Å². The van der Waals surface area contributed by atoms with Crippen molar-refractivity contribution in [3.8, 4) is 0 Å². The van der Waals surface area contributed by atoms with Crippen molar-refractivity contribution < 1.29 is 12.8 Å². The Morgan fingerprint density at radius 3 is 2.58 bits per heavy atom. The molecule has 102 valence electrons. The van der Waals surface area contributed by atoms with Gasteiger partial charge in [0.15, 0.2) is 0 Å². The molecular weight excluding hydrogens is 287 g/mol. The number of nitrogens with one attached hydrogen (secondary N) is 1. The average Bonchev–Trinajstić information content (AvgIpc) is 2.76. The number of nitrogens with zero attached hydrogens (tertiary/aromatic N) is 1. The zero-order valence-electron chi connectivity index (χ0n) is 10.3. The number of hydrogen-bond acceptors (Lipinski definition) is 4. The monoisotopic (exact) mass is 300 g/mol. The van der Waals surface area contributed by atoms with Gasteiger partial charge in [0, 0.05) is 11.1 Å². The zero-order chi connectivity index (χ0) is 13.9. The normalized spacial score (nSPS) is 11.7. The van der Waals surface area contributed by atoms with Gasteiger partial charge in [0.25, 0.3) is 0 Å². The maximum Gasteiger partial charge on any atom is 0.216 e. The van der Waals surface area contributed by atoms with Crippen LogP contribution in [0, 0.1) is 12.7 Å². The molecular formula is C12H13FN2O2S2. The van der Waals surface area contributed by atoms with Crippen LogP contribution in [-0.2, 0) is 22.3 Å². The summed E-state index contributed by atoms with van der Waals surface area (Å²) in [5.41, 5.74) is 0.546. The van der Waals surface area contributed by atoms with Crippen LogP contribution in [0.4, 0.5) is 4.39 Å². The number of halogens is 1. The van der Waals surface area contributed by atoms with E-state index in [-0.39, 0.29) is 18.1 Å². The van der Waals surface area contributed by atoms with Gasteiger partial charge in [-0.25, -0.2) is 22.5 Å². The first-order valence-electron chi connectivity index (χ1n) is 5.58. The molecule has 0 fully saturated rings. The van der Waals surface area contributed by atoms with Crippen LogP contribution in [0.2, 0.25) is 0 Å². The number of aryl methyl sites for hydroxylation is 1. The zero-order valence-corrected chi connectivity index (χ0v) is 11.9. The molecule has 1 aromatic carbocycles. The molecule has 1 aromatic heterocycles. The summed E-state index contributed by atoms with van der Waals surface area (Å²) in [5, 5.41) is 0.722. The Morgan fingerprint density at radius 2 is 2.00 bits per heavy atom. The van der Waals surface area contributed by atoms with E-state index in [4.69, 9.17) is 0 Å². The SMILES string of the molecule is Cc1cnc(CNS(=O)(=O)Cc2ccc(F)cc2)s1. The maximum absolute atomic E-state index is 12.7. The Bertz CT molecular complexity index is 651. The second-order valence-electron chi connectivity index (χ2n) is 4.07. The van der Waals surface area contributed by atoms with Crippen LogP contribution in [0.5, 0.6) is 0 Å². The van der Waals surface area contributed by atoms with E-state index in [0.29, 0.717) is 5.56 Å². The number of thiazole rings is 1. The summed E-state index contributed by atoms with van der Waals surface area (Å²) in [7, 11) is -3.44. The first-order chi connectivity index (χ1) is 8.94. The molecule has 1 heterocycles. The molecule has 0 aliphatic heterocycles. The van der Waals surface area contributed by atoms with Gasteiger partial charge in [-0.3, -0.25) is 0 Å². The predicted molar refractivity (Wildman–Crippen MR) is 72.7 cm³/mol. The fourth-order valence-electron chi connectivity index (χ4n) is 1.51. The number of benzene rings is 1. The highest BCUT2D eigenvalue weighted by molar-refractivity contribution is 7.88. The standard InChI is InChI=1S/C12H13FN2O2S2/c1-9-6-14-12(18-9)7-15-19(16,17)8-10-2-4-11(13)5-3-10/h2-6,15H,7-8H2,1H3. The van der Waals surface area contributed by atoms with E-state index >= 15 is 0 Å². The minimum absolute atomic E-state index is 0.169. The van der Waals surface area contributed by atoms with Gasteiger partial charge in [-0.15, -0.1) is 11.3 Å². The van der Waals surface area contributed by atoms with E-state index in [9.17, 15) is 12.8 Å². The van der Waals surface area contributed by atoms with E-state index < -0.39 is 10.0 Å². The van der Waals surface area contributed by atoms with Crippen LogP contribution in [0.15, 0.2) is 30.5 Å². The molecule has 0 atom stereocenters.